The van der Waals surface area contributed by atoms with Gasteiger partial charge in [0, 0.05) is 5.02 Å². The molecule has 1 aromatic heterocycles. The molecule has 108 valence electrons. The highest BCUT2D eigenvalue weighted by Gasteiger charge is 2.14. The van der Waals surface area contributed by atoms with E-state index in [-0.39, 0.29) is 0 Å². The third-order valence-corrected chi connectivity index (χ3v) is 3.40. The van der Waals surface area contributed by atoms with Gasteiger partial charge < -0.3 is 4.74 Å². The minimum Gasteiger partial charge on any atom is -0.493 e. The molecule has 0 aliphatic rings. The van der Waals surface area contributed by atoms with E-state index in [1.165, 1.54) is 0 Å². The highest BCUT2D eigenvalue weighted by molar-refractivity contribution is 6.30. The maximum atomic E-state index is 6.24. The number of hydrogen-bond acceptors (Lipinski definition) is 3. The third kappa shape index (κ3) is 3.51. The topological polar surface area (TPSA) is 50.8 Å². The molecule has 0 saturated heterocycles. The van der Waals surface area contributed by atoms with Crippen LogP contribution < -0.4 is 4.74 Å². The average Bonchev–Trinajstić information content (AvgIpc) is 2.91. The van der Waals surface area contributed by atoms with Crippen molar-refractivity contribution in [1.29, 1.82) is 0 Å². The second-order valence-electron chi connectivity index (χ2n) is 5.03. The van der Waals surface area contributed by atoms with Gasteiger partial charge in [-0.3, -0.25) is 0 Å². The summed E-state index contributed by atoms with van der Waals surface area (Å²) in [6, 6.07) is 3.98. The minimum absolute atomic E-state index is 0.376. The van der Waals surface area contributed by atoms with Gasteiger partial charge in [-0.05, 0) is 48.9 Å². The summed E-state index contributed by atoms with van der Waals surface area (Å²) in [7, 11) is 0. The van der Waals surface area contributed by atoms with Gasteiger partial charge in [0.1, 0.15) is 5.75 Å². The Morgan fingerprint density at radius 3 is 2.70 bits per heavy atom. The molecule has 1 aromatic carbocycles. The maximum absolute atomic E-state index is 6.24. The lowest BCUT2D eigenvalue weighted by Gasteiger charge is -2.18. The summed E-state index contributed by atoms with van der Waals surface area (Å²) < 4.78 is 5.85. The van der Waals surface area contributed by atoms with Gasteiger partial charge in [-0.25, -0.2) is 0 Å². The molecule has 0 saturated carbocycles. The Balaban J connectivity index is 2.29. The van der Waals surface area contributed by atoms with Crippen LogP contribution in [-0.4, -0.2) is 22.0 Å². The third-order valence-electron chi connectivity index (χ3n) is 3.19. The van der Waals surface area contributed by atoms with Crippen LogP contribution in [0.3, 0.4) is 0 Å². The first-order valence-corrected chi connectivity index (χ1v) is 7.29. The SMILES string of the molecule is CCOc1c(CCc2cn[nH]n2)cc(Cl)cc1C(C)C. The molecule has 2 aromatic rings. The van der Waals surface area contributed by atoms with Gasteiger partial charge in [0.2, 0.25) is 0 Å². The van der Waals surface area contributed by atoms with Gasteiger partial charge in [-0.2, -0.15) is 15.4 Å². The molecule has 0 spiro atoms. The first kappa shape index (κ1) is 14.9. The summed E-state index contributed by atoms with van der Waals surface area (Å²) in [6.45, 7) is 6.95. The monoisotopic (exact) mass is 293 g/mol. The first-order valence-electron chi connectivity index (χ1n) is 6.91. The van der Waals surface area contributed by atoms with E-state index in [2.05, 4.69) is 29.3 Å². The zero-order valence-electron chi connectivity index (χ0n) is 12.1. The van der Waals surface area contributed by atoms with Gasteiger partial charge in [0.25, 0.3) is 0 Å². The smallest absolute Gasteiger partial charge is 0.126 e. The van der Waals surface area contributed by atoms with E-state index in [1.807, 2.05) is 19.1 Å². The van der Waals surface area contributed by atoms with E-state index < -0.39 is 0 Å². The lowest BCUT2D eigenvalue weighted by atomic mass is 9.96. The second-order valence-corrected chi connectivity index (χ2v) is 5.47. The lowest BCUT2D eigenvalue weighted by Crippen LogP contribution is -2.04. The van der Waals surface area contributed by atoms with Crippen LogP contribution in [0, 0.1) is 0 Å². The van der Waals surface area contributed by atoms with Crippen LogP contribution in [0.2, 0.25) is 5.02 Å². The van der Waals surface area contributed by atoms with Gasteiger partial charge in [-0.15, -0.1) is 0 Å². The Morgan fingerprint density at radius 2 is 2.10 bits per heavy atom. The van der Waals surface area contributed by atoms with Crippen molar-refractivity contribution in [2.24, 2.45) is 0 Å². The summed E-state index contributed by atoms with van der Waals surface area (Å²) in [5, 5.41) is 11.3. The Bertz CT molecular complexity index is 552. The summed E-state index contributed by atoms with van der Waals surface area (Å²) in [5.74, 6) is 1.34. The molecule has 0 radical (unpaired) electrons. The number of ether oxygens (including phenoxy) is 1. The fourth-order valence-corrected chi connectivity index (χ4v) is 2.47. The van der Waals surface area contributed by atoms with Crippen LogP contribution in [0.4, 0.5) is 0 Å². The molecule has 4 nitrogen and oxygen atoms in total. The van der Waals surface area contributed by atoms with Crippen LogP contribution in [0.25, 0.3) is 0 Å². The minimum atomic E-state index is 0.376. The van der Waals surface area contributed by atoms with Crippen LogP contribution in [0.5, 0.6) is 5.75 Å². The van der Waals surface area contributed by atoms with E-state index in [0.29, 0.717) is 12.5 Å². The number of aromatic amines is 1. The van der Waals surface area contributed by atoms with Crippen molar-refractivity contribution in [1.82, 2.24) is 15.4 Å². The molecule has 20 heavy (non-hydrogen) atoms. The molecule has 0 aliphatic carbocycles. The number of hydrogen-bond donors (Lipinski definition) is 1. The highest BCUT2D eigenvalue weighted by Crippen LogP contribution is 2.34. The molecule has 0 unspecified atom stereocenters. The molecule has 0 aliphatic heterocycles. The Kier molecular flexibility index (Phi) is 5.01. The Morgan fingerprint density at radius 1 is 1.30 bits per heavy atom. The van der Waals surface area contributed by atoms with Crippen molar-refractivity contribution in [2.45, 2.75) is 39.5 Å². The predicted molar refractivity (Wildman–Crippen MR) is 80.5 cm³/mol. The summed E-state index contributed by atoms with van der Waals surface area (Å²) in [6.07, 6.45) is 3.39. The fourth-order valence-electron chi connectivity index (χ4n) is 2.22. The number of rotatable bonds is 6. The molecule has 0 atom stereocenters. The molecule has 0 fully saturated rings. The van der Waals surface area contributed by atoms with Gasteiger partial charge >= 0.3 is 0 Å². The average molecular weight is 294 g/mol. The van der Waals surface area contributed by atoms with Crippen molar-refractivity contribution in [2.75, 3.05) is 6.61 Å². The van der Waals surface area contributed by atoms with Crippen molar-refractivity contribution in [3.05, 3.63) is 40.2 Å². The molecule has 2 rings (SSSR count). The van der Waals surface area contributed by atoms with Gasteiger partial charge in [0.15, 0.2) is 0 Å². The van der Waals surface area contributed by atoms with Crippen molar-refractivity contribution < 1.29 is 4.74 Å². The van der Waals surface area contributed by atoms with Crippen LogP contribution in [0.1, 0.15) is 43.5 Å². The molecule has 1 heterocycles. The Labute approximate surface area is 124 Å². The quantitative estimate of drug-likeness (QED) is 0.882. The van der Waals surface area contributed by atoms with Crippen LogP contribution >= 0.6 is 11.6 Å². The van der Waals surface area contributed by atoms with Crippen molar-refractivity contribution in [3.63, 3.8) is 0 Å². The molecule has 5 heteroatoms. The summed E-state index contributed by atoms with van der Waals surface area (Å²) in [5.41, 5.74) is 3.24. The summed E-state index contributed by atoms with van der Waals surface area (Å²) >= 11 is 6.24. The molecule has 0 bridgehead atoms. The number of halogens is 1. The van der Waals surface area contributed by atoms with Crippen LogP contribution in [0.15, 0.2) is 18.3 Å². The standard InChI is InChI=1S/C15H20ClN3O/c1-4-20-15-11(5-6-13-9-17-19-18-13)7-12(16)8-14(15)10(2)3/h7-10H,4-6H2,1-3H3,(H,17,18,19). The zero-order chi connectivity index (χ0) is 14.5. The fraction of sp³-hybridized carbons (Fsp3) is 0.467. The number of nitrogens with one attached hydrogen (secondary N) is 1. The predicted octanol–water partition coefficient (Wildman–Crippen LogP) is 3.77. The maximum Gasteiger partial charge on any atom is 0.126 e. The number of aryl methyl sites for hydroxylation is 2. The van der Waals surface area contributed by atoms with E-state index >= 15 is 0 Å². The lowest BCUT2D eigenvalue weighted by molar-refractivity contribution is 0.331. The van der Waals surface area contributed by atoms with E-state index in [1.54, 1.807) is 6.20 Å². The van der Waals surface area contributed by atoms with E-state index in [0.717, 1.165) is 40.4 Å². The zero-order valence-corrected chi connectivity index (χ0v) is 12.9. The van der Waals surface area contributed by atoms with E-state index in [9.17, 15) is 0 Å². The molecular formula is C15H20ClN3O. The normalized spacial score (nSPS) is 11.1. The van der Waals surface area contributed by atoms with Crippen molar-refractivity contribution >= 4 is 11.6 Å². The Hall–Kier alpha value is -1.55. The first-order chi connectivity index (χ1) is 9.61. The van der Waals surface area contributed by atoms with Gasteiger partial charge in [-0.1, -0.05) is 25.4 Å². The molecule has 0 amide bonds. The molecular weight excluding hydrogens is 274 g/mol. The highest BCUT2D eigenvalue weighted by atomic mass is 35.5. The number of aromatic nitrogens is 3. The van der Waals surface area contributed by atoms with Crippen LogP contribution in [-0.2, 0) is 12.8 Å². The summed E-state index contributed by atoms with van der Waals surface area (Å²) in [4.78, 5) is 0. The van der Waals surface area contributed by atoms with Gasteiger partial charge in [0.05, 0.1) is 18.5 Å². The number of nitrogens with zero attached hydrogens (tertiary/aromatic N) is 2. The van der Waals surface area contributed by atoms with Crippen molar-refractivity contribution in [3.8, 4) is 5.75 Å². The second kappa shape index (κ2) is 6.75. The number of H-pyrrole nitrogens is 1. The molecule has 1 N–H and O–H groups in total. The largest absolute Gasteiger partial charge is 0.493 e. The number of benzene rings is 1. The van der Waals surface area contributed by atoms with E-state index in [4.69, 9.17) is 16.3 Å².